The van der Waals surface area contributed by atoms with Crippen LogP contribution in [-0.2, 0) is 30.4 Å². The molecule has 3 unspecified atom stereocenters. The molecule has 0 aromatic heterocycles. The topological polar surface area (TPSA) is 214 Å². The lowest BCUT2D eigenvalue weighted by Crippen LogP contribution is -2.54. The van der Waals surface area contributed by atoms with Crippen molar-refractivity contribution in [2.24, 2.45) is 11.5 Å². The molecule has 9 N–H and O–H groups in total. The van der Waals surface area contributed by atoms with Gasteiger partial charge in [0, 0.05) is 12.8 Å². The molecular weight excluding hydrogens is 446 g/mol. The average molecular weight is 480 g/mol. The zero-order valence-corrected chi connectivity index (χ0v) is 18.9. The first-order valence-corrected chi connectivity index (χ1v) is 11.0. The van der Waals surface area contributed by atoms with Crippen molar-refractivity contribution in [3.63, 3.8) is 0 Å². The Morgan fingerprint density at radius 1 is 0.882 bits per heavy atom. The second-order valence-electron chi connectivity index (χ2n) is 7.75. The van der Waals surface area contributed by atoms with E-state index < -0.39 is 54.3 Å². The molecule has 0 saturated carbocycles. The second kappa shape index (κ2) is 15.3. The Morgan fingerprint density at radius 2 is 1.56 bits per heavy atom. The number of nitrogens with two attached hydrogens (primary N) is 2. The third-order valence-corrected chi connectivity index (χ3v) is 4.93. The van der Waals surface area contributed by atoms with Gasteiger partial charge in [-0.05, 0) is 37.8 Å². The number of aliphatic carboxylic acids is 2. The van der Waals surface area contributed by atoms with E-state index in [1.165, 1.54) is 0 Å². The highest BCUT2D eigenvalue weighted by atomic mass is 16.4. The van der Waals surface area contributed by atoms with Gasteiger partial charge in [-0.15, -0.1) is 0 Å². The molecule has 1 aromatic carbocycles. The standard InChI is InChI=1S/C22H33N5O7/c23-11-5-4-8-16(26-18(28)13-25-20(31)15(24)9-10-19(29)30)21(32)27-17(22(33)34)12-14-6-2-1-3-7-14/h1-3,6-7,15-17H,4-5,8-13,23-24H2,(H,25,31)(H,26,28)(H,27,32)(H,29,30)(H,33,34). The Labute approximate surface area is 197 Å². The largest absolute Gasteiger partial charge is 0.481 e. The SMILES string of the molecule is NCCCCC(NC(=O)CNC(=O)C(N)CCC(=O)O)C(=O)NC(Cc1ccccc1)C(=O)O. The maximum atomic E-state index is 12.8. The predicted molar refractivity (Wildman–Crippen MR) is 122 cm³/mol. The van der Waals surface area contributed by atoms with Crippen molar-refractivity contribution < 1.29 is 34.2 Å². The molecule has 3 amide bonds. The fourth-order valence-electron chi connectivity index (χ4n) is 3.04. The summed E-state index contributed by atoms with van der Waals surface area (Å²) in [5, 5.41) is 25.4. The lowest BCUT2D eigenvalue weighted by Gasteiger charge is -2.22. The molecule has 34 heavy (non-hydrogen) atoms. The molecule has 0 bridgehead atoms. The summed E-state index contributed by atoms with van der Waals surface area (Å²) < 4.78 is 0. The smallest absolute Gasteiger partial charge is 0.326 e. The van der Waals surface area contributed by atoms with Crippen molar-refractivity contribution in [3.05, 3.63) is 35.9 Å². The summed E-state index contributed by atoms with van der Waals surface area (Å²) >= 11 is 0. The van der Waals surface area contributed by atoms with E-state index in [0.717, 1.165) is 5.56 Å². The minimum atomic E-state index is -1.22. The molecule has 0 radical (unpaired) electrons. The Bertz CT molecular complexity index is 834. The van der Waals surface area contributed by atoms with Crippen LogP contribution < -0.4 is 27.4 Å². The number of unbranched alkanes of at least 4 members (excludes halogenated alkanes) is 1. The van der Waals surface area contributed by atoms with Gasteiger partial charge in [0.25, 0.3) is 0 Å². The minimum absolute atomic E-state index is 0.0651. The number of benzene rings is 1. The molecule has 12 heteroatoms. The highest BCUT2D eigenvalue weighted by Crippen LogP contribution is 2.06. The molecule has 0 aliphatic carbocycles. The van der Waals surface area contributed by atoms with E-state index in [0.29, 0.717) is 19.4 Å². The van der Waals surface area contributed by atoms with Gasteiger partial charge in [0.1, 0.15) is 12.1 Å². The Morgan fingerprint density at radius 3 is 2.15 bits per heavy atom. The fourth-order valence-corrected chi connectivity index (χ4v) is 3.04. The molecule has 0 saturated heterocycles. The first kappa shape index (κ1) is 28.5. The van der Waals surface area contributed by atoms with Crippen LogP contribution >= 0.6 is 0 Å². The van der Waals surface area contributed by atoms with Crippen molar-refractivity contribution in [3.8, 4) is 0 Å². The van der Waals surface area contributed by atoms with Crippen LogP contribution in [0.25, 0.3) is 0 Å². The lowest BCUT2D eigenvalue weighted by molar-refractivity contribution is -0.142. The summed E-state index contributed by atoms with van der Waals surface area (Å²) in [7, 11) is 0. The number of hydrogen-bond acceptors (Lipinski definition) is 7. The summed E-state index contributed by atoms with van der Waals surface area (Å²) in [6, 6.07) is 5.46. The summed E-state index contributed by atoms with van der Waals surface area (Å²) in [5.74, 6) is -4.36. The van der Waals surface area contributed by atoms with Crippen LogP contribution in [0, 0.1) is 0 Å². The molecule has 0 fully saturated rings. The maximum absolute atomic E-state index is 12.8. The van der Waals surface area contributed by atoms with E-state index in [2.05, 4.69) is 16.0 Å². The molecule has 3 atom stereocenters. The maximum Gasteiger partial charge on any atom is 0.326 e. The molecular formula is C22H33N5O7. The van der Waals surface area contributed by atoms with Gasteiger partial charge in [0.15, 0.2) is 0 Å². The van der Waals surface area contributed by atoms with E-state index in [4.69, 9.17) is 16.6 Å². The molecule has 0 aliphatic heterocycles. The summed E-state index contributed by atoms with van der Waals surface area (Å²) in [6.45, 7) is -0.0923. The normalized spacial score (nSPS) is 13.2. The van der Waals surface area contributed by atoms with Crippen LogP contribution in [-0.4, -0.2) is 71.1 Å². The van der Waals surface area contributed by atoms with Gasteiger partial charge in [-0.2, -0.15) is 0 Å². The third kappa shape index (κ3) is 11.4. The second-order valence-corrected chi connectivity index (χ2v) is 7.75. The Balaban J connectivity index is 2.71. The van der Waals surface area contributed by atoms with Gasteiger partial charge in [0.05, 0.1) is 12.6 Å². The third-order valence-electron chi connectivity index (χ3n) is 4.93. The number of rotatable bonds is 16. The van der Waals surface area contributed by atoms with Crippen molar-refractivity contribution in [2.75, 3.05) is 13.1 Å². The van der Waals surface area contributed by atoms with E-state index in [-0.39, 0.29) is 25.7 Å². The van der Waals surface area contributed by atoms with Crippen molar-refractivity contribution in [2.45, 2.75) is 56.7 Å². The molecule has 0 spiro atoms. The van der Waals surface area contributed by atoms with Gasteiger partial charge >= 0.3 is 11.9 Å². The first-order valence-electron chi connectivity index (χ1n) is 11.0. The van der Waals surface area contributed by atoms with Crippen LogP contribution in [0.4, 0.5) is 0 Å². The van der Waals surface area contributed by atoms with Crippen LogP contribution in [0.15, 0.2) is 30.3 Å². The average Bonchev–Trinajstić information content (AvgIpc) is 2.80. The zero-order valence-electron chi connectivity index (χ0n) is 18.9. The van der Waals surface area contributed by atoms with E-state index >= 15 is 0 Å². The van der Waals surface area contributed by atoms with Gasteiger partial charge in [-0.25, -0.2) is 4.79 Å². The summed E-state index contributed by atoms with van der Waals surface area (Å²) in [6.07, 6.45) is 1.01. The predicted octanol–water partition coefficient (Wildman–Crippen LogP) is -1.28. The number of nitrogens with one attached hydrogen (secondary N) is 3. The van der Waals surface area contributed by atoms with Gasteiger partial charge in [0.2, 0.25) is 17.7 Å². The highest BCUT2D eigenvalue weighted by molar-refractivity contribution is 5.92. The van der Waals surface area contributed by atoms with Gasteiger partial charge in [-0.3, -0.25) is 19.2 Å². The lowest BCUT2D eigenvalue weighted by atomic mass is 10.0. The zero-order chi connectivity index (χ0) is 25.5. The Hall–Kier alpha value is -3.51. The molecule has 12 nitrogen and oxygen atoms in total. The van der Waals surface area contributed by atoms with Crippen molar-refractivity contribution >= 4 is 29.7 Å². The summed E-state index contributed by atoms with van der Waals surface area (Å²) in [4.78, 5) is 59.3. The quantitative estimate of drug-likeness (QED) is 0.140. The van der Waals surface area contributed by atoms with E-state index in [1.807, 2.05) is 0 Å². The number of carbonyl (C=O) groups is 5. The number of amides is 3. The van der Waals surface area contributed by atoms with Gasteiger partial charge < -0.3 is 37.6 Å². The van der Waals surface area contributed by atoms with Gasteiger partial charge in [-0.1, -0.05) is 30.3 Å². The Kier molecular flexibility index (Phi) is 12.9. The molecule has 0 heterocycles. The highest BCUT2D eigenvalue weighted by Gasteiger charge is 2.27. The van der Waals surface area contributed by atoms with Crippen molar-refractivity contribution in [1.29, 1.82) is 0 Å². The van der Waals surface area contributed by atoms with Crippen molar-refractivity contribution in [1.82, 2.24) is 16.0 Å². The molecule has 1 aromatic rings. The molecule has 1 rings (SSSR count). The van der Waals surface area contributed by atoms with E-state index in [1.54, 1.807) is 30.3 Å². The summed E-state index contributed by atoms with van der Waals surface area (Å²) in [5.41, 5.74) is 11.8. The van der Waals surface area contributed by atoms with Crippen LogP contribution in [0.5, 0.6) is 0 Å². The van der Waals surface area contributed by atoms with Crippen LogP contribution in [0.2, 0.25) is 0 Å². The van der Waals surface area contributed by atoms with Crippen LogP contribution in [0.3, 0.4) is 0 Å². The number of carbonyl (C=O) groups excluding carboxylic acids is 3. The fraction of sp³-hybridized carbons (Fsp3) is 0.500. The van der Waals surface area contributed by atoms with Crippen LogP contribution in [0.1, 0.15) is 37.7 Å². The number of carboxylic acid groups (broad SMARTS) is 2. The molecule has 188 valence electrons. The minimum Gasteiger partial charge on any atom is -0.481 e. The monoisotopic (exact) mass is 479 g/mol. The number of carboxylic acids is 2. The molecule has 0 aliphatic rings. The first-order chi connectivity index (χ1) is 16.1. The van der Waals surface area contributed by atoms with E-state index in [9.17, 15) is 29.1 Å². The number of hydrogen-bond donors (Lipinski definition) is 7.